The Morgan fingerprint density at radius 1 is 1.28 bits per heavy atom. The summed E-state index contributed by atoms with van der Waals surface area (Å²) >= 11 is 0. The highest BCUT2D eigenvalue weighted by molar-refractivity contribution is 5.85. The molecular weight excluding hydrogens is 226 g/mol. The number of rotatable bonds is 8. The predicted molar refractivity (Wildman–Crippen MR) is 78.0 cm³/mol. The van der Waals surface area contributed by atoms with Gasteiger partial charge in [0.25, 0.3) is 0 Å². The van der Waals surface area contributed by atoms with E-state index >= 15 is 0 Å². The second kappa shape index (κ2) is 7.62. The molecule has 18 heavy (non-hydrogen) atoms. The van der Waals surface area contributed by atoms with Crippen LogP contribution in [-0.4, -0.2) is 35.1 Å². The van der Waals surface area contributed by atoms with Crippen LogP contribution in [0.1, 0.15) is 54.4 Å². The molecule has 0 rings (SSSR count). The summed E-state index contributed by atoms with van der Waals surface area (Å²) in [6, 6.07) is 0.569. The Kier molecular flexibility index (Phi) is 7.29. The van der Waals surface area contributed by atoms with Crippen LogP contribution < -0.4 is 5.73 Å². The minimum Gasteiger partial charge on any atom is -0.409 e. The van der Waals surface area contributed by atoms with Crippen molar-refractivity contribution in [3.63, 3.8) is 0 Å². The molecule has 0 fully saturated rings. The summed E-state index contributed by atoms with van der Waals surface area (Å²) in [6.07, 6.45) is 2.00. The average molecular weight is 257 g/mol. The van der Waals surface area contributed by atoms with E-state index in [2.05, 4.69) is 37.8 Å². The maximum absolute atomic E-state index is 8.74. The molecule has 0 radical (unpaired) electrons. The third-order valence-corrected chi connectivity index (χ3v) is 3.38. The molecule has 4 heteroatoms. The Bertz CT molecular complexity index is 260. The Balaban J connectivity index is 4.22. The zero-order valence-corrected chi connectivity index (χ0v) is 12.9. The van der Waals surface area contributed by atoms with Gasteiger partial charge in [0, 0.05) is 18.0 Å². The van der Waals surface area contributed by atoms with Gasteiger partial charge in [0.1, 0.15) is 5.84 Å². The van der Waals surface area contributed by atoms with E-state index in [1.807, 2.05) is 13.8 Å². The van der Waals surface area contributed by atoms with Gasteiger partial charge in [0.2, 0.25) is 0 Å². The summed E-state index contributed by atoms with van der Waals surface area (Å²) in [6.45, 7) is 15.2. The molecule has 0 aliphatic rings. The molecule has 0 atom stereocenters. The Hall–Kier alpha value is -0.770. The van der Waals surface area contributed by atoms with Crippen molar-refractivity contribution in [2.45, 2.75) is 60.4 Å². The molecule has 0 aliphatic carbocycles. The molecule has 0 aromatic rings. The number of amidine groups is 1. The third kappa shape index (κ3) is 6.24. The molecule has 0 saturated carbocycles. The highest BCUT2D eigenvalue weighted by Gasteiger charge is 2.23. The summed E-state index contributed by atoms with van der Waals surface area (Å²) < 4.78 is 0. The van der Waals surface area contributed by atoms with E-state index in [9.17, 15) is 0 Å². The zero-order chi connectivity index (χ0) is 14.3. The van der Waals surface area contributed by atoms with E-state index in [0.717, 1.165) is 25.9 Å². The van der Waals surface area contributed by atoms with Crippen LogP contribution in [0.4, 0.5) is 0 Å². The van der Waals surface area contributed by atoms with Crippen LogP contribution in [0.15, 0.2) is 5.16 Å². The van der Waals surface area contributed by atoms with Crippen molar-refractivity contribution < 1.29 is 5.21 Å². The first-order chi connectivity index (χ1) is 8.20. The van der Waals surface area contributed by atoms with Crippen molar-refractivity contribution in [2.24, 2.45) is 22.2 Å². The summed E-state index contributed by atoms with van der Waals surface area (Å²) in [5, 5.41) is 11.9. The normalized spacial score (nSPS) is 13.9. The Morgan fingerprint density at radius 3 is 2.22 bits per heavy atom. The average Bonchev–Trinajstić information content (AvgIpc) is 2.25. The van der Waals surface area contributed by atoms with Crippen molar-refractivity contribution in [1.29, 1.82) is 0 Å². The molecule has 0 heterocycles. The summed E-state index contributed by atoms with van der Waals surface area (Å²) in [4.78, 5) is 2.49. The first-order valence-corrected chi connectivity index (χ1v) is 6.92. The highest BCUT2D eigenvalue weighted by atomic mass is 16.4. The van der Waals surface area contributed by atoms with Crippen LogP contribution in [0.2, 0.25) is 0 Å². The van der Waals surface area contributed by atoms with Gasteiger partial charge in [-0.15, -0.1) is 0 Å². The van der Waals surface area contributed by atoms with Gasteiger partial charge in [0.15, 0.2) is 0 Å². The standard InChI is InChI=1S/C14H31N3O/c1-11(2)10-17(12(3)4)9-7-8-14(5,6)13(15)16-18/h11-12,18H,7-10H2,1-6H3,(H2,15,16). The van der Waals surface area contributed by atoms with E-state index in [0.29, 0.717) is 17.8 Å². The molecular formula is C14H31N3O. The van der Waals surface area contributed by atoms with E-state index in [1.165, 1.54) is 0 Å². The summed E-state index contributed by atoms with van der Waals surface area (Å²) in [5.41, 5.74) is 5.47. The molecule has 0 aromatic heterocycles. The fraction of sp³-hybridized carbons (Fsp3) is 0.929. The van der Waals surface area contributed by atoms with E-state index < -0.39 is 0 Å². The Labute approximate surface area is 112 Å². The van der Waals surface area contributed by atoms with Crippen LogP contribution in [0.3, 0.4) is 0 Å². The van der Waals surface area contributed by atoms with Gasteiger partial charge in [-0.1, -0.05) is 32.9 Å². The number of hydrogen-bond acceptors (Lipinski definition) is 3. The maximum Gasteiger partial charge on any atom is 0.144 e. The number of oxime groups is 1. The fourth-order valence-corrected chi connectivity index (χ4v) is 2.02. The monoisotopic (exact) mass is 257 g/mol. The lowest BCUT2D eigenvalue weighted by Gasteiger charge is -2.30. The quantitative estimate of drug-likeness (QED) is 0.304. The predicted octanol–water partition coefficient (Wildman–Crippen LogP) is 2.91. The first kappa shape index (κ1) is 17.2. The largest absolute Gasteiger partial charge is 0.409 e. The molecule has 108 valence electrons. The van der Waals surface area contributed by atoms with E-state index in [4.69, 9.17) is 10.9 Å². The van der Waals surface area contributed by atoms with Crippen LogP contribution in [0.5, 0.6) is 0 Å². The second-order valence-electron chi connectivity index (χ2n) is 6.46. The van der Waals surface area contributed by atoms with Gasteiger partial charge >= 0.3 is 0 Å². The summed E-state index contributed by atoms with van der Waals surface area (Å²) in [5.74, 6) is 1.01. The van der Waals surface area contributed by atoms with Gasteiger partial charge < -0.3 is 15.8 Å². The molecule has 0 aromatic carbocycles. The van der Waals surface area contributed by atoms with Crippen LogP contribution in [0, 0.1) is 11.3 Å². The number of hydrogen-bond donors (Lipinski definition) is 2. The van der Waals surface area contributed by atoms with E-state index in [-0.39, 0.29) is 5.41 Å². The lowest BCUT2D eigenvalue weighted by Crippen LogP contribution is -2.37. The van der Waals surface area contributed by atoms with Gasteiger partial charge in [-0.3, -0.25) is 0 Å². The van der Waals surface area contributed by atoms with Gasteiger partial charge in [-0.05, 0) is 39.2 Å². The smallest absolute Gasteiger partial charge is 0.144 e. The minimum atomic E-state index is -0.227. The zero-order valence-electron chi connectivity index (χ0n) is 12.9. The van der Waals surface area contributed by atoms with Crippen molar-refractivity contribution in [3.8, 4) is 0 Å². The first-order valence-electron chi connectivity index (χ1n) is 6.92. The maximum atomic E-state index is 8.74. The van der Waals surface area contributed by atoms with Crippen molar-refractivity contribution in [3.05, 3.63) is 0 Å². The molecule has 0 spiro atoms. The molecule has 3 N–H and O–H groups in total. The lowest BCUT2D eigenvalue weighted by atomic mass is 9.86. The van der Waals surface area contributed by atoms with Crippen LogP contribution >= 0.6 is 0 Å². The lowest BCUT2D eigenvalue weighted by molar-refractivity contribution is 0.188. The molecule has 4 nitrogen and oxygen atoms in total. The van der Waals surface area contributed by atoms with Crippen molar-refractivity contribution in [1.82, 2.24) is 4.90 Å². The molecule has 0 amide bonds. The number of nitrogens with two attached hydrogens (primary N) is 1. The van der Waals surface area contributed by atoms with Gasteiger partial charge in [-0.25, -0.2) is 0 Å². The molecule has 0 unspecified atom stereocenters. The van der Waals surface area contributed by atoms with Crippen LogP contribution in [-0.2, 0) is 0 Å². The fourth-order valence-electron chi connectivity index (χ4n) is 2.02. The minimum absolute atomic E-state index is 0.227. The molecule has 0 saturated heterocycles. The van der Waals surface area contributed by atoms with Crippen molar-refractivity contribution >= 4 is 5.84 Å². The van der Waals surface area contributed by atoms with Crippen LogP contribution in [0.25, 0.3) is 0 Å². The van der Waals surface area contributed by atoms with Gasteiger partial charge in [0.05, 0.1) is 0 Å². The topological polar surface area (TPSA) is 61.8 Å². The SMILES string of the molecule is CC(C)CN(CCCC(C)(C)C(N)=NO)C(C)C. The molecule has 0 aliphatic heterocycles. The van der Waals surface area contributed by atoms with Crippen molar-refractivity contribution in [2.75, 3.05) is 13.1 Å². The number of nitrogens with zero attached hydrogens (tertiary/aromatic N) is 2. The second-order valence-corrected chi connectivity index (χ2v) is 6.46. The van der Waals surface area contributed by atoms with E-state index in [1.54, 1.807) is 0 Å². The summed E-state index contributed by atoms with van der Waals surface area (Å²) in [7, 11) is 0. The highest BCUT2D eigenvalue weighted by Crippen LogP contribution is 2.23. The van der Waals surface area contributed by atoms with Gasteiger partial charge in [-0.2, -0.15) is 0 Å². The Morgan fingerprint density at radius 2 is 1.83 bits per heavy atom. The third-order valence-electron chi connectivity index (χ3n) is 3.38. The molecule has 0 bridgehead atoms.